The van der Waals surface area contributed by atoms with Crippen LogP contribution in [0.5, 0.6) is 0 Å². The lowest BCUT2D eigenvalue weighted by Crippen LogP contribution is -1.93. The zero-order valence-corrected chi connectivity index (χ0v) is 29.5. The van der Waals surface area contributed by atoms with Crippen LogP contribution < -0.4 is 0 Å². The van der Waals surface area contributed by atoms with Crippen molar-refractivity contribution in [3.8, 4) is 27.9 Å². The summed E-state index contributed by atoms with van der Waals surface area (Å²) in [5.41, 5.74) is 11.0. The second-order valence-electron chi connectivity index (χ2n) is 13.8. The molecular weight excluding hydrogens is 669 g/mol. The van der Waals surface area contributed by atoms with Crippen molar-refractivity contribution in [1.29, 1.82) is 0 Å². The van der Waals surface area contributed by atoms with Crippen molar-refractivity contribution in [1.82, 2.24) is 9.55 Å². The van der Waals surface area contributed by atoms with Crippen molar-refractivity contribution >= 4 is 107 Å². The first-order valence-electron chi connectivity index (χ1n) is 17.7. The van der Waals surface area contributed by atoms with Crippen LogP contribution in [0.2, 0.25) is 0 Å². The molecule has 0 amide bonds. The first kappa shape index (κ1) is 28.5. The zero-order valence-electron chi connectivity index (χ0n) is 27.9. The second kappa shape index (κ2) is 10.7. The van der Waals surface area contributed by atoms with Gasteiger partial charge in [-0.15, -0.1) is 22.7 Å². The number of thiophene rings is 2. The predicted octanol–water partition coefficient (Wildman–Crippen LogP) is 14.5. The number of para-hydroxylation sites is 2. The molecule has 0 saturated heterocycles. The molecule has 4 heteroatoms. The Morgan fingerprint density at radius 1 is 0.346 bits per heavy atom. The smallest absolute Gasteiger partial charge is 0.0541 e. The Kier molecular flexibility index (Phi) is 5.84. The Morgan fingerprint density at radius 2 is 0.846 bits per heavy atom. The van der Waals surface area contributed by atoms with E-state index < -0.39 is 0 Å². The van der Waals surface area contributed by atoms with Gasteiger partial charge in [-0.2, -0.15) is 0 Å². The number of fused-ring (bicyclic) bond motifs is 13. The van der Waals surface area contributed by atoms with Gasteiger partial charge in [0.1, 0.15) is 0 Å². The SMILES string of the molecule is c1ccc(-c2ccc3[nH]c4ccc(-c5ccc6sc7c(ccc8c9cc(-n%10c%11ccccc%11c%11ccccc%11%10)ccc9sc87)c6c5)cc4c3c2)cc1. The molecule has 0 atom stereocenters. The molecule has 12 rings (SSSR count). The predicted molar refractivity (Wildman–Crippen MR) is 227 cm³/mol. The summed E-state index contributed by atoms with van der Waals surface area (Å²) in [5, 5.41) is 10.4. The van der Waals surface area contributed by atoms with Gasteiger partial charge < -0.3 is 9.55 Å². The number of nitrogens with one attached hydrogen (secondary N) is 1. The monoisotopic (exact) mass is 696 g/mol. The summed E-state index contributed by atoms with van der Waals surface area (Å²) in [7, 11) is 0. The van der Waals surface area contributed by atoms with Crippen molar-refractivity contribution in [2.24, 2.45) is 0 Å². The normalized spacial score (nSPS) is 12.2. The van der Waals surface area contributed by atoms with E-state index in [1.54, 1.807) is 0 Å². The molecule has 1 N–H and O–H groups in total. The fourth-order valence-electron chi connectivity index (χ4n) is 8.46. The molecule has 2 nitrogen and oxygen atoms in total. The average molecular weight is 697 g/mol. The largest absolute Gasteiger partial charge is 0.355 e. The van der Waals surface area contributed by atoms with E-state index in [1.807, 2.05) is 22.7 Å². The molecular formula is C48H28N2S2. The van der Waals surface area contributed by atoms with Crippen LogP contribution in [0, 0.1) is 0 Å². The van der Waals surface area contributed by atoms with Crippen molar-refractivity contribution < 1.29 is 0 Å². The van der Waals surface area contributed by atoms with Gasteiger partial charge >= 0.3 is 0 Å². The maximum atomic E-state index is 3.64. The maximum Gasteiger partial charge on any atom is 0.0541 e. The van der Waals surface area contributed by atoms with E-state index in [0.717, 1.165) is 0 Å². The van der Waals surface area contributed by atoms with Crippen LogP contribution in [0.1, 0.15) is 0 Å². The van der Waals surface area contributed by atoms with Crippen molar-refractivity contribution in [2.75, 3.05) is 0 Å². The number of benzene rings is 8. The highest BCUT2D eigenvalue weighted by atomic mass is 32.1. The van der Waals surface area contributed by atoms with E-state index in [4.69, 9.17) is 0 Å². The van der Waals surface area contributed by atoms with Crippen LogP contribution in [0.15, 0.2) is 164 Å². The minimum Gasteiger partial charge on any atom is -0.355 e. The lowest BCUT2D eigenvalue weighted by atomic mass is 9.99. The van der Waals surface area contributed by atoms with Crippen LogP contribution in [0.4, 0.5) is 0 Å². The molecule has 0 saturated carbocycles. The van der Waals surface area contributed by atoms with Crippen LogP contribution in [0.3, 0.4) is 0 Å². The summed E-state index contributed by atoms with van der Waals surface area (Å²) in [6.07, 6.45) is 0. The van der Waals surface area contributed by atoms with Gasteiger partial charge in [-0.1, -0.05) is 97.1 Å². The molecule has 0 spiro atoms. The number of hydrogen-bond donors (Lipinski definition) is 1. The van der Waals surface area contributed by atoms with E-state index in [9.17, 15) is 0 Å². The summed E-state index contributed by atoms with van der Waals surface area (Å²) < 4.78 is 7.83. The van der Waals surface area contributed by atoms with Gasteiger partial charge in [0.05, 0.1) is 20.4 Å². The summed E-state index contributed by atoms with van der Waals surface area (Å²) in [6, 6.07) is 60.5. The van der Waals surface area contributed by atoms with Crippen molar-refractivity contribution in [2.45, 2.75) is 0 Å². The molecule has 52 heavy (non-hydrogen) atoms. The quantitative estimate of drug-likeness (QED) is 0.190. The van der Waals surface area contributed by atoms with Crippen LogP contribution >= 0.6 is 22.7 Å². The highest BCUT2D eigenvalue weighted by Crippen LogP contribution is 2.46. The molecule has 4 aromatic heterocycles. The van der Waals surface area contributed by atoms with Gasteiger partial charge in [-0.05, 0) is 89.0 Å². The Bertz CT molecular complexity index is 3360. The third-order valence-electron chi connectivity index (χ3n) is 10.9. The second-order valence-corrected chi connectivity index (χ2v) is 15.9. The fraction of sp³-hybridized carbons (Fsp3) is 0. The molecule has 0 bridgehead atoms. The van der Waals surface area contributed by atoms with Crippen LogP contribution in [-0.4, -0.2) is 9.55 Å². The molecule has 12 aromatic rings. The number of H-pyrrole nitrogens is 1. The molecule has 0 aliphatic heterocycles. The van der Waals surface area contributed by atoms with Gasteiger partial charge in [-0.25, -0.2) is 0 Å². The molecule has 0 radical (unpaired) electrons. The van der Waals surface area contributed by atoms with Crippen molar-refractivity contribution in [3.63, 3.8) is 0 Å². The number of hydrogen-bond acceptors (Lipinski definition) is 2. The number of nitrogens with zero attached hydrogens (tertiary/aromatic N) is 1. The topological polar surface area (TPSA) is 20.7 Å². The molecule has 0 aliphatic rings. The third-order valence-corrected chi connectivity index (χ3v) is 13.5. The summed E-state index contributed by atoms with van der Waals surface area (Å²) >= 11 is 3.84. The Labute approximate surface area is 306 Å². The summed E-state index contributed by atoms with van der Waals surface area (Å²) in [5.74, 6) is 0. The molecule has 0 aliphatic carbocycles. The average Bonchev–Trinajstić information content (AvgIpc) is 3.96. The van der Waals surface area contributed by atoms with E-state index in [0.29, 0.717) is 0 Å². The van der Waals surface area contributed by atoms with Crippen molar-refractivity contribution in [3.05, 3.63) is 164 Å². The lowest BCUT2D eigenvalue weighted by Gasteiger charge is -2.08. The van der Waals surface area contributed by atoms with Gasteiger partial charge in [0.25, 0.3) is 0 Å². The molecule has 0 unspecified atom stereocenters. The Balaban J connectivity index is 0.992. The first-order valence-corrected chi connectivity index (χ1v) is 19.3. The number of rotatable bonds is 3. The minimum absolute atomic E-state index is 1.17. The fourth-order valence-corrected chi connectivity index (χ4v) is 11.0. The minimum atomic E-state index is 1.17. The van der Waals surface area contributed by atoms with Crippen LogP contribution in [-0.2, 0) is 0 Å². The molecule has 4 heterocycles. The number of aromatic amines is 1. The van der Waals surface area contributed by atoms with E-state index in [2.05, 4.69) is 173 Å². The van der Waals surface area contributed by atoms with E-state index in [-0.39, 0.29) is 0 Å². The first-order chi connectivity index (χ1) is 25.7. The lowest BCUT2D eigenvalue weighted by molar-refractivity contribution is 1.19. The van der Waals surface area contributed by atoms with Gasteiger partial charge in [0.2, 0.25) is 0 Å². The molecule has 242 valence electrons. The highest BCUT2D eigenvalue weighted by molar-refractivity contribution is 7.33. The maximum absolute atomic E-state index is 3.64. The third kappa shape index (κ3) is 4.05. The standard InChI is InChI=1S/C48H28N2S2/c1-2-8-28(9-3-1)29-14-20-41-37(24-29)38-25-30(15-21-42(38)49-41)31-16-22-45-39(26-31)35-18-19-36-40-27-32(17-23-46(40)52-48(36)47(35)51-45)50-43-12-6-4-10-33(43)34-11-5-7-13-44(34)50/h1-27,49H. The Hall–Kier alpha value is -6.20. The van der Waals surface area contributed by atoms with E-state index >= 15 is 0 Å². The van der Waals surface area contributed by atoms with Gasteiger partial charge in [0.15, 0.2) is 0 Å². The summed E-state index contributed by atoms with van der Waals surface area (Å²) in [4.78, 5) is 3.64. The number of aromatic nitrogens is 2. The molecule has 8 aromatic carbocycles. The molecule has 0 fully saturated rings. The summed E-state index contributed by atoms with van der Waals surface area (Å²) in [6.45, 7) is 0. The van der Waals surface area contributed by atoms with Crippen LogP contribution in [0.25, 0.3) is 112 Å². The highest BCUT2D eigenvalue weighted by Gasteiger charge is 2.17. The van der Waals surface area contributed by atoms with Gasteiger partial charge in [0, 0.05) is 69.2 Å². The van der Waals surface area contributed by atoms with Gasteiger partial charge in [-0.3, -0.25) is 0 Å². The van der Waals surface area contributed by atoms with E-state index in [1.165, 1.54) is 112 Å². The zero-order chi connectivity index (χ0) is 33.9. The Morgan fingerprint density at radius 3 is 1.48 bits per heavy atom.